The van der Waals surface area contributed by atoms with E-state index in [1.165, 1.54) is 0 Å². The molecule has 1 fully saturated rings. The Morgan fingerprint density at radius 1 is 1.15 bits per heavy atom. The predicted octanol–water partition coefficient (Wildman–Crippen LogP) is 1.40. The molecule has 2 aromatic heterocycles. The maximum atomic E-state index is 5.37. The first kappa shape index (κ1) is 12.9. The summed E-state index contributed by atoms with van der Waals surface area (Å²) in [4.78, 5) is 11.1. The van der Waals surface area contributed by atoms with Gasteiger partial charge in [-0.05, 0) is 13.8 Å². The zero-order valence-electron chi connectivity index (χ0n) is 11.7. The van der Waals surface area contributed by atoms with Crippen LogP contribution in [-0.2, 0) is 4.74 Å². The Labute approximate surface area is 117 Å². The minimum Gasteiger partial charge on any atom is -0.378 e. The zero-order chi connectivity index (χ0) is 13.9. The SMILES string of the molecule is Cc1nc(Nc2cc(C)[nH]n2)cc(N2CCOCC2)n1. The molecule has 2 N–H and O–H groups in total. The van der Waals surface area contributed by atoms with Gasteiger partial charge in [0.25, 0.3) is 0 Å². The average Bonchev–Trinajstić information content (AvgIpc) is 2.84. The molecule has 0 spiro atoms. The Morgan fingerprint density at radius 3 is 2.65 bits per heavy atom. The van der Waals surface area contributed by atoms with Crippen molar-refractivity contribution >= 4 is 17.5 Å². The Hall–Kier alpha value is -2.15. The number of morpholine rings is 1. The summed E-state index contributed by atoms with van der Waals surface area (Å²) in [6, 6.07) is 3.88. The number of hydrogen-bond acceptors (Lipinski definition) is 6. The van der Waals surface area contributed by atoms with E-state index in [-0.39, 0.29) is 0 Å². The zero-order valence-corrected chi connectivity index (χ0v) is 11.7. The van der Waals surface area contributed by atoms with Crippen LogP contribution in [0.5, 0.6) is 0 Å². The van der Waals surface area contributed by atoms with E-state index in [9.17, 15) is 0 Å². The molecular formula is C13H18N6O. The van der Waals surface area contributed by atoms with Crippen LogP contribution < -0.4 is 10.2 Å². The molecule has 7 heteroatoms. The summed E-state index contributed by atoms with van der Waals surface area (Å²) < 4.78 is 5.37. The number of nitrogens with zero attached hydrogens (tertiary/aromatic N) is 4. The van der Waals surface area contributed by atoms with Gasteiger partial charge in [-0.25, -0.2) is 9.97 Å². The number of nitrogens with one attached hydrogen (secondary N) is 2. The van der Waals surface area contributed by atoms with Gasteiger partial charge < -0.3 is 15.0 Å². The minimum atomic E-state index is 0.740. The van der Waals surface area contributed by atoms with Crippen molar-refractivity contribution in [2.75, 3.05) is 36.5 Å². The van der Waals surface area contributed by atoms with Gasteiger partial charge in [0.05, 0.1) is 13.2 Å². The summed E-state index contributed by atoms with van der Waals surface area (Å²) in [6.07, 6.45) is 0. The molecule has 106 valence electrons. The van der Waals surface area contributed by atoms with E-state index in [0.29, 0.717) is 0 Å². The quantitative estimate of drug-likeness (QED) is 0.880. The molecule has 0 bridgehead atoms. The topological polar surface area (TPSA) is 79.0 Å². The van der Waals surface area contributed by atoms with E-state index in [0.717, 1.165) is 55.3 Å². The smallest absolute Gasteiger partial charge is 0.153 e. The van der Waals surface area contributed by atoms with Crippen molar-refractivity contribution in [1.29, 1.82) is 0 Å². The molecule has 20 heavy (non-hydrogen) atoms. The molecule has 0 radical (unpaired) electrons. The highest BCUT2D eigenvalue weighted by Crippen LogP contribution is 2.19. The molecule has 7 nitrogen and oxygen atoms in total. The summed E-state index contributed by atoms with van der Waals surface area (Å²) in [7, 11) is 0. The first-order valence-electron chi connectivity index (χ1n) is 6.68. The number of aryl methyl sites for hydroxylation is 2. The Morgan fingerprint density at radius 2 is 1.95 bits per heavy atom. The van der Waals surface area contributed by atoms with E-state index < -0.39 is 0 Å². The molecule has 0 amide bonds. The van der Waals surface area contributed by atoms with Crippen molar-refractivity contribution < 1.29 is 4.74 Å². The maximum absolute atomic E-state index is 5.37. The fourth-order valence-corrected chi connectivity index (χ4v) is 2.18. The first-order chi connectivity index (χ1) is 9.70. The molecule has 0 unspecified atom stereocenters. The second kappa shape index (κ2) is 5.46. The van der Waals surface area contributed by atoms with Gasteiger partial charge in [0.1, 0.15) is 17.5 Å². The van der Waals surface area contributed by atoms with Gasteiger partial charge in [-0.1, -0.05) is 0 Å². The summed E-state index contributed by atoms with van der Waals surface area (Å²) in [5.41, 5.74) is 1.01. The third kappa shape index (κ3) is 2.88. The number of rotatable bonds is 3. The molecule has 1 aliphatic rings. The van der Waals surface area contributed by atoms with Crippen LogP contribution in [0.1, 0.15) is 11.5 Å². The molecule has 1 aliphatic heterocycles. The van der Waals surface area contributed by atoms with Crippen LogP contribution in [0.15, 0.2) is 12.1 Å². The number of aromatic amines is 1. The minimum absolute atomic E-state index is 0.740. The fraction of sp³-hybridized carbons (Fsp3) is 0.462. The third-order valence-electron chi connectivity index (χ3n) is 3.12. The van der Waals surface area contributed by atoms with Gasteiger partial charge in [-0.15, -0.1) is 0 Å². The van der Waals surface area contributed by atoms with Crippen LogP contribution in [0.25, 0.3) is 0 Å². The van der Waals surface area contributed by atoms with Gasteiger partial charge in [0, 0.05) is 30.9 Å². The van der Waals surface area contributed by atoms with E-state index in [4.69, 9.17) is 4.74 Å². The monoisotopic (exact) mass is 274 g/mol. The van der Waals surface area contributed by atoms with Crippen LogP contribution in [0.4, 0.5) is 17.5 Å². The van der Waals surface area contributed by atoms with Crippen LogP contribution in [-0.4, -0.2) is 46.5 Å². The number of aromatic nitrogens is 4. The van der Waals surface area contributed by atoms with Crippen molar-refractivity contribution in [3.63, 3.8) is 0 Å². The lowest BCUT2D eigenvalue weighted by atomic mass is 10.4. The number of ether oxygens (including phenoxy) is 1. The highest BCUT2D eigenvalue weighted by molar-refractivity contribution is 5.57. The molecular weight excluding hydrogens is 256 g/mol. The Bertz CT molecular complexity index is 590. The molecule has 3 heterocycles. The van der Waals surface area contributed by atoms with E-state index in [1.54, 1.807) is 0 Å². The van der Waals surface area contributed by atoms with Crippen LogP contribution >= 0.6 is 0 Å². The molecule has 3 rings (SSSR count). The first-order valence-corrected chi connectivity index (χ1v) is 6.68. The van der Waals surface area contributed by atoms with Crippen molar-refractivity contribution in [2.24, 2.45) is 0 Å². The van der Waals surface area contributed by atoms with Crippen LogP contribution in [0.2, 0.25) is 0 Å². The normalized spacial score (nSPS) is 15.4. The second-order valence-electron chi connectivity index (χ2n) is 4.82. The maximum Gasteiger partial charge on any atom is 0.153 e. The average molecular weight is 274 g/mol. The number of hydrogen-bond donors (Lipinski definition) is 2. The lowest BCUT2D eigenvalue weighted by molar-refractivity contribution is 0.122. The van der Waals surface area contributed by atoms with E-state index >= 15 is 0 Å². The van der Waals surface area contributed by atoms with Crippen molar-refractivity contribution in [1.82, 2.24) is 20.2 Å². The summed E-state index contributed by atoms with van der Waals surface area (Å²) in [5, 5.41) is 10.2. The number of anilines is 3. The summed E-state index contributed by atoms with van der Waals surface area (Å²) in [6.45, 7) is 7.05. The van der Waals surface area contributed by atoms with Gasteiger partial charge in [0.2, 0.25) is 0 Å². The largest absolute Gasteiger partial charge is 0.378 e. The van der Waals surface area contributed by atoms with Gasteiger partial charge in [-0.3, -0.25) is 5.10 Å². The highest BCUT2D eigenvalue weighted by Gasteiger charge is 2.14. The van der Waals surface area contributed by atoms with Crippen molar-refractivity contribution in [3.05, 3.63) is 23.7 Å². The Kier molecular flexibility index (Phi) is 3.51. The lowest BCUT2D eigenvalue weighted by Gasteiger charge is -2.28. The number of H-pyrrole nitrogens is 1. The summed E-state index contributed by atoms with van der Waals surface area (Å²) >= 11 is 0. The van der Waals surface area contributed by atoms with Crippen LogP contribution in [0.3, 0.4) is 0 Å². The molecule has 0 saturated carbocycles. The lowest BCUT2D eigenvalue weighted by Crippen LogP contribution is -2.36. The van der Waals surface area contributed by atoms with Crippen molar-refractivity contribution in [3.8, 4) is 0 Å². The molecule has 1 saturated heterocycles. The third-order valence-corrected chi connectivity index (χ3v) is 3.12. The van der Waals surface area contributed by atoms with Gasteiger partial charge >= 0.3 is 0 Å². The predicted molar refractivity (Wildman–Crippen MR) is 76.4 cm³/mol. The molecule has 0 aliphatic carbocycles. The van der Waals surface area contributed by atoms with E-state index in [1.807, 2.05) is 26.0 Å². The standard InChI is InChI=1S/C13H18N6O/c1-9-7-12(18-17-9)16-11-8-13(15-10(2)14-11)19-3-5-20-6-4-19/h7-8H,3-6H2,1-2H3,(H2,14,15,16,17,18). The Balaban J connectivity index is 1.82. The highest BCUT2D eigenvalue weighted by atomic mass is 16.5. The van der Waals surface area contributed by atoms with Crippen molar-refractivity contribution in [2.45, 2.75) is 13.8 Å². The van der Waals surface area contributed by atoms with Gasteiger partial charge in [-0.2, -0.15) is 5.10 Å². The molecule has 0 aromatic carbocycles. The molecule has 2 aromatic rings. The second-order valence-corrected chi connectivity index (χ2v) is 4.82. The van der Waals surface area contributed by atoms with Gasteiger partial charge in [0.15, 0.2) is 5.82 Å². The summed E-state index contributed by atoms with van der Waals surface area (Å²) in [5.74, 6) is 3.18. The molecule has 0 atom stereocenters. The van der Waals surface area contributed by atoms with E-state index in [2.05, 4.69) is 30.4 Å². The fourth-order valence-electron chi connectivity index (χ4n) is 2.18. The van der Waals surface area contributed by atoms with Crippen LogP contribution in [0, 0.1) is 13.8 Å².